The van der Waals surface area contributed by atoms with E-state index in [4.69, 9.17) is 4.98 Å². The van der Waals surface area contributed by atoms with Crippen LogP contribution in [0.3, 0.4) is 0 Å². The smallest absolute Gasteiger partial charge is 0.396 e. The Morgan fingerprint density at radius 3 is 2.35 bits per heavy atom. The second-order valence-electron chi connectivity index (χ2n) is 13.9. The number of aliphatic hydroxyl groups excluding tert-OH is 1. The molecule has 2 saturated heterocycles. The van der Waals surface area contributed by atoms with Crippen molar-refractivity contribution in [2.24, 2.45) is 5.92 Å². The Kier molecular flexibility index (Phi) is 9.84. The van der Waals surface area contributed by atoms with Crippen molar-refractivity contribution in [3.63, 3.8) is 0 Å². The van der Waals surface area contributed by atoms with E-state index in [2.05, 4.69) is 38.6 Å². The predicted octanol–water partition coefficient (Wildman–Crippen LogP) is 5.87. The number of imide groups is 1. The van der Waals surface area contributed by atoms with Crippen molar-refractivity contribution in [3.8, 4) is 0 Å². The zero-order chi connectivity index (χ0) is 35.7. The summed E-state index contributed by atoms with van der Waals surface area (Å²) < 4.78 is 42.1. The summed E-state index contributed by atoms with van der Waals surface area (Å²) in [5.74, 6) is -0.894. The van der Waals surface area contributed by atoms with E-state index in [-0.39, 0.29) is 41.9 Å². The molecular weight excluding hydrogens is 661 g/mol. The Labute approximate surface area is 293 Å². The fraction of sp³-hybridized carbons (Fsp3) is 0.421. The molecule has 0 spiro atoms. The number of nitrogens with one attached hydrogen (secondary N) is 2. The highest BCUT2D eigenvalue weighted by molar-refractivity contribution is 6.04. The number of anilines is 2. The van der Waals surface area contributed by atoms with Crippen LogP contribution in [0.1, 0.15) is 77.5 Å². The van der Waals surface area contributed by atoms with E-state index in [9.17, 15) is 32.7 Å². The maximum atomic E-state index is 13.4. The second kappa shape index (κ2) is 14.5. The van der Waals surface area contributed by atoms with Crippen molar-refractivity contribution in [1.82, 2.24) is 19.8 Å². The average Bonchev–Trinajstić information content (AvgIpc) is 3.49. The van der Waals surface area contributed by atoms with E-state index in [0.717, 1.165) is 92.9 Å². The predicted molar refractivity (Wildman–Crippen MR) is 186 cm³/mol. The summed E-state index contributed by atoms with van der Waals surface area (Å²) in [4.78, 5) is 46.6. The monoisotopic (exact) mass is 702 g/mol. The van der Waals surface area contributed by atoms with Crippen molar-refractivity contribution in [2.75, 3.05) is 43.0 Å². The van der Waals surface area contributed by atoms with Crippen LogP contribution in [-0.4, -0.2) is 70.1 Å². The van der Waals surface area contributed by atoms with Gasteiger partial charge >= 0.3 is 6.18 Å². The lowest BCUT2D eigenvalue weighted by molar-refractivity contribution is -0.138. The van der Waals surface area contributed by atoms with Crippen LogP contribution < -0.4 is 15.5 Å². The number of piperazine rings is 1. The molecule has 7 rings (SSSR count). The highest BCUT2D eigenvalue weighted by Gasteiger charge is 2.32. The van der Waals surface area contributed by atoms with Gasteiger partial charge in [0.25, 0.3) is 5.91 Å². The number of halogens is 3. The Balaban J connectivity index is 1.05. The first-order chi connectivity index (χ1) is 24.6. The van der Waals surface area contributed by atoms with Gasteiger partial charge in [0.2, 0.25) is 17.8 Å². The first kappa shape index (κ1) is 34.7. The van der Waals surface area contributed by atoms with E-state index < -0.39 is 17.6 Å². The minimum absolute atomic E-state index is 0.0158. The largest absolute Gasteiger partial charge is 0.416 e. The number of hydrogen-bond donors (Lipinski definition) is 3. The van der Waals surface area contributed by atoms with E-state index in [1.54, 1.807) is 0 Å². The van der Waals surface area contributed by atoms with Crippen molar-refractivity contribution in [3.05, 3.63) is 89.0 Å². The second-order valence-corrected chi connectivity index (χ2v) is 13.9. The summed E-state index contributed by atoms with van der Waals surface area (Å²) in [5, 5.41) is 14.9. The molecule has 51 heavy (non-hydrogen) atoms. The van der Waals surface area contributed by atoms with Crippen LogP contribution in [0.25, 0.3) is 11.0 Å². The third kappa shape index (κ3) is 7.64. The third-order valence-electron chi connectivity index (χ3n) is 10.6. The Bertz CT molecular complexity index is 1910. The maximum Gasteiger partial charge on any atom is 0.416 e. The molecule has 3 N–H and O–H groups in total. The molecule has 3 aliphatic rings. The number of fused-ring (bicyclic) bond motifs is 1. The zero-order valence-corrected chi connectivity index (χ0v) is 28.2. The van der Waals surface area contributed by atoms with Crippen molar-refractivity contribution < 1.29 is 32.7 Å². The first-order valence-corrected chi connectivity index (χ1v) is 17.6. The van der Waals surface area contributed by atoms with Gasteiger partial charge in [0.15, 0.2) is 0 Å². The summed E-state index contributed by atoms with van der Waals surface area (Å²) in [6, 6.07) is 18.5. The number of alkyl halides is 3. The molecule has 3 heterocycles. The van der Waals surface area contributed by atoms with Gasteiger partial charge in [0, 0.05) is 63.0 Å². The van der Waals surface area contributed by atoms with Crippen LogP contribution in [-0.2, 0) is 22.3 Å². The molecule has 3 fully saturated rings. The van der Waals surface area contributed by atoms with Gasteiger partial charge in [0.1, 0.15) is 0 Å². The number of imidazole rings is 1. The Hall–Kier alpha value is -4.75. The van der Waals surface area contributed by atoms with Gasteiger partial charge in [-0.15, -0.1) is 0 Å². The lowest BCUT2D eigenvalue weighted by Gasteiger charge is -2.36. The number of aromatic nitrogens is 2. The first-order valence-electron chi connectivity index (χ1n) is 17.6. The van der Waals surface area contributed by atoms with Crippen LogP contribution in [0.15, 0.2) is 66.7 Å². The van der Waals surface area contributed by atoms with Gasteiger partial charge in [-0.1, -0.05) is 30.3 Å². The number of carbonyl (C=O) groups excluding carboxylic acids is 3. The van der Waals surface area contributed by atoms with E-state index in [0.29, 0.717) is 24.3 Å². The Morgan fingerprint density at radius 2 is 1.67 bits per heavy atom. The van der Waals surface area contributed by atoms with Crippen LogP contribution in [0.5, 0.6) is 0 Å². The van der Waals surface area contributed by atoms with E-state index >= 15 is 0 Å². The molecule has 3 amide bonds. The van der Waals surface area contributed by atoms with E-state index in [1.807, 2.05) is 28.8 Å². The standard InChI is InChI=1S/C38H41F3N6O4/c39-38(40,41)28-3-1-2-27(20-28)35(50)44-37-42-32-21-30(12-14-33(32)47(37)29-10-6-25(23-48)7-11-29)46-18-16-45(17-19-46)22-24-4-8-26(9-5-24)31-13-15-34(49)43-36(31)51/h1-5,8-9,12,14,20-21,25,29,31,48H,6-7,10-11,13,15-19,22-23H2,(H,42,44,50)(H,43,49,51). The number of carbonyl (C=O) groups is 3. The molecule has 268 valence electrons. The van der Waals surface area contributed by atoms with Crippen LogP contribution in [0, 0.1) is 5.92 Å². The van der Waals surface area contributed by atoms with E-state index in [1.165, 1.54) is 12.1 Å². The summed E-state index contributed by atoms with van der Waals surface area (Å²) in [6.07, 6.45) is -0.465. The van der Waals surface area contributed by atoms with Gasteiger partial charge < -0.3 is 14.6 Å². The molecule has 13 heteroatoms. The van der Waals surface area contributed by atoms with Crippen LogP contribution in [0.4, 0.5) is 24.8 Å². The molecular formula is C38H41F3N6O4. The topological polar surface area (TPSA) is 120 Å². The number of nitrogens with zero attached hydrogens (tertiary/aromatic N) is 4. The average molecular weight is 703 g/mol. The summed E-state index contributed by atoms with van der Waals surface area (Å²) >= 11 is 0. The van der Waals surface area contributed by atoms with Gasteiger partial charge in [-0.05, 0) is 85.5 Å². The normalized spacial score (nSPS) is 21.9. The Morgan fingerprint density at radius 1 is 0.922 bits per heavy atom. The zero-order valence-electron chi connectivity index (χ0n) is 28.2. The molecule has 1 saturated carbocycles. The molecule has 0 radical (unpaired) electrons. The molecule has 10 nitrogen and oxygen atoms in total. The minimum atomic E-state index is -4.57. The molecule has 1 aliphatic carbocycles. The number of rotatable bonds is 8. The highest BCUT2D eigenvalue weighted by atomic mass is 19.4. The van der Waals surface area contributed by atoms with Crippen LogP contribution in [0.2, 0.25) is 0 Å². The lowest BCUT2D eigenvalue weighted by atomic mass is 9.86. The number of amides is 3. The highest BCUT2D eigenvalue weighted by Crippen LogP contribution is 2.38. The van der Waals surface area contributed by atoms with Gasteiger partial charge in [-0.25, -0.2) is 4.98 Å². The van der Waals surface area contributed by atoms with Gasteiger partial charge in [0.05, 0.1) is 22.5 Å². The number of hydrogen-bond acceptors (Lipinski definition) is 7. The molecule has 2 aliphatic heterocycles. The quantitative estimate of drug-likeness (QED) is 0.197. The SMILES string of the molecule is O=C1CCC(c2ccc(CN3CCN(c4ccc5c(c4)nc(NC(=O)c4cccc(C(F)(F)F)c4)n5C4CCC(CO)CC4)CC3)cc2)C(=O)N1. The van der Waals surface area contributed by atoms with Crippen LogP contribution >= 0.6 is 0 Å². The number of aliphatic hydroxyl groups is 1. The van der Waals surface area contributed by atoms with Gasteiger partial charge in [-0.3, -0.25) is 29.9 Å². The maximum absolute atomic E-state index is 13.4. The summed E-state index contributed by atoms with van der Waals surface area (Å²) in [5.41, 5.74) is 3.61. The fourth-order valence-electron chi connectivity index (χ4n) is 7.63. The molecule has 1 unspecified atom stereocenters. The molecule has 4 aromatic rings. The fourth-order valence-corrected chi connectivity index (χ4v) is 7.63. The summed E-state index contributed by atoms with van der Waals surface area (Å²) in [6.45, 7) is 4.18. The summed E-state index contributed by atoms with van der Waals surface area (Å²) in [7, 11) is 0. The molecule has 1 atom stereocenters. The lowest BCUT2D eigenvalue weighted by Crippen LogP contribution is -2.45. The molecule has 1 aromatic heterocycles. The molecule has 3 aromatic carbocycles. The van der Waals surface area contributed by atoms with Crippen molar-refractivity contribution in [1.29, 1.82) is 0 Å². The number of benzene rings is 3. The van der Waals surface area contributed by atoms with Crippen molar-refractivity contribution >= 4 is 40.4 Å². The molecule has 0 bridgehead atoms. The van der Waals surface area contributed by atoms with Gasteiger partial charge in [-0.2, -0.15) is 13.2 Å². The number of piperidine rings is 1. The van der Waals surface area contributed by atoms with Crippen molar-refractivity contribution in [2.45, 2.75) is 63.2 Å². The third-order valence-corrected chi connectivity index (χ3v) is 10.6. The minimum Gasteiger partial charge on any atom is -0.396 e.